The van der Waals surface area contributed by atoms with Gasteiger partial charge in [0.25, 0.3) is 5.69 Å². The van der Waals surface area contributed by atoms with Crippen LogP contribution in [0.3, 0.4) is 0 Å². The first-order valence-electron chi connectivity index (χ1n) is 4.27. The van der Waals surface area contributed by atoms with Crippen molar-refractivity contribution < 1.29 is 4.92 Å². The minimum absolute atomic E-state index is 0.0530. The zero-order valence-electron chi connectivity index (χ0n) is 8.37. The average Bonchev–Trinajstić information content (AvgIpc) is 2.01. The van der Waals surface area contributed by atoms with Crippen LogP contribution in [0.4, 0.5) is 5.69 Å². The Morgan fingerprint density at radius 3 is 2.36 bits per heavy atom. The van der Waals surface area contributed by atoms with E-state index >= 15 is 0 Å². The van der Waals surface area contributed by atoms with Gasteiger partial charge in [-0.25, -0.2) is 0 Å². The van der Waals surface area contributed by atoms with Gasteiger partial charge in [-0.15, -0.1) is 0 Å². The summed E-state index contributed by atoms with van der Waals surface area (Å²) in [5.41, 5.74) is 1.16. The number of nitro groups is 1. The molecule has 76 valence electrons. The lowest BCUT2D eigenvalue weighted by Gasteiger charge is -2.20. The van der Waals surface area contributed by atoms with E-state index in [9.17, 15) is 10.1 Å². The Balaban J connectivity index is 3.35. The van der Waals surface area contributed by atoms with Gasteiger partial charge in [0.1, 0.15) is 0 Å². The van der Waals surface area contributed by atoms with Gasteiger partial charge in [-0.3, -0.25) is 10.1 Å². The highest BCUT2D eigenvalue weighted by Gasteiger charge is 2.22. The van der Waals surface area contributed by atoms with Crippen molar-refractivity contribution in [3.8, 4) is 0 Å². The summed E-state index contributed by atoms with van der Waals surface area (Å²) < 4.78 is 0.739. The van der Waals surface area contributed by atoms with Gasteiger partial charge in [-0.1, -0.05) is 32.9 Å². The third-order valence-electron chi connectivity index (χ3n) is 1.98. The van der Waals surface area contributed by atoms with Crippen molar-refractivity contribution in [3.63, 3.8) is 0 Å². The summed E-state index contributed by atoms with van der Waals surface area (Å²) in [4.78, 5) is 10.4. The van der Waals surface area contributed by atoms with E-state index in [4.69, 9.17) is 0 Å². The Bertz CT molecular complexity index is 369. The number of nitro benzene ring substituents is 1. The third kappa shape index (κ3) is 2.23. The number of halogens is 1. The van der Waals surface area contributed by atoms with E-state index < -0.39 is 0 Å². The van der Waals surface area contributed by atoms with Crippen LogP contribution in [-0.2, 0) is 5.41 Å². The SMILES string of the molecule is CC(C)(C)c1cccc([N+](=O)[O-])c1I. The molecule has 0 unspecified atom stereocenters. The quantitative estimate of drug-likeness (QED) is 0.453. The van der Waals surface area contributed by atoms with Gasteiger partial charge in [0.15, 0.2) is 0 Å². The maximum Gasteiger partial charge on any atom is 0.282 e. The third-order valence-corrected chi connectivity index (χ3v) is 3.12. The second kappa shape index (κ2) is 3.84. The lowest BCUT2D eigenvalue weighted by molar-refractivity contribution is -0.385. The van der Waals surface area contributed by atoms with E-state index in [0.29, 0.717) is 0 Å². The summed E-state index contributed by atoms with van der Waals surface area (Å²) in [7, 11) is 0. The number of nitrogens with zero attached hydrogens (tertiary/aromatic N) is 1. The normalized spacial score (nSPS) is 11.4. The predicted octanol–water partition coefficient (Wildman–Crippen LogP) is 3.50. The average molecular weight is 305 g/mol. The maximum absolute atomic E-state index is 10.7. The van der Waals surface area contributed by atoms with E-state index in [0.717, 1.165) is 9.13 Å². The molecule has 0 bridgehead atoms. The highest BCUT2D eigenvalue weighted by molar-refractivity contribution is 14.1. The smallest absolute Gasteiger partial charge is 0.258 e. The standard InChI is InChI=1S/C10H12INO2/c1-10(2,3)7-5-4-6-8(9(7)11)12(13)14/h4-6H,1-3H3. The molecule has 0 aliphatic heterocycles. The second-order valence-corrected chi connectivity index (χ2v) is 5.22. The van der Waals surface area contributed by atoms with Crippen LogP contribution in [0.2, 0.25) is 0 Å². The molecule has 0 saturated heterocycles. The largest absolute Gasteiger partial charge is 0.282 e. The van der Waals surface area contributed by atoms with Crippen LogP contribution in [0.15, 0.2) is 18.2 Å². The monoisotopic (exact) mass is 305 g/mol. The summed E-state index contributed by atoms with van der Waals surface area (Å²) in [5, 5.41) is 10.7. The van der Waals surface area contributed by atoms with Crippen LogP contribution in [0.5, 0.6) is 0 Å². The first kappa shape index (κ1) is 11.4. The molecule has 14 heavy (non-hydrogen) atoms. The van der Waals surface area contributed by atoms with Crippen LogP contribution in [0, 0.1) is 13.7 Å². The predicted molar refractivity (Wildman–Crippen MR) is 64.5 cm³/mol. The van der Waals surface area contributed by atoms with E-state index in [1.165, 1.54) is 6.07 Å². The molecule has 1 aromatic carbocycles. The molecule has 3 nitrogen and oxygen atoms in total. The highest BCUT2D eigenvalue weighted by Crippen LogP contribution is 2.32. The van der Waals surface area contributed by atoms with Gasteiger partial charge < -0.3 is 0 Å². The number of benzene rings is 1. The molecule has 0 atom stereocenters. The molecule has 4 heteroatoms. The van der Waals surface area contributed by atoms with Crippen LogP contribution in [0.1, 0.15) is 26.3 Å². The number of rotatable bonds is 1. The molecule has 1 aromatic rings. The van der Waals surface area contributed by atoms with Gasteiger partial charge in [0.2, 0.25) is 0 Å². The van der Waals surface area contributed by atoms with Crippen molar-refractivity contribution in [1.82, 2.24) is 0 Å². The van der Waals surface area contributed by atoms with Crippen molar-refractivity contribution >= 4 is 28.3 Å². The molecule has 1 rings (SSSR count). The molecule has 0 N–H and O–H groups in total. The Labute approximate surface area is 96.8 Å². The Hall–Kier alpha value is -0.650. The van der Waals surface area contributed by atoms with E-state index in [2.05, 4.69) is 0 Å². The van der Waals surface area contributed by atoms with E-state index in [1.807, 2.05) is 49.4 Å². The minimum Gasteiger partial charge on any atom is -0.258 e. The molecular formula is C10H12INO2. The summed E-state index contributed by atoms with van der Waals surface area (Å²) in [6.07, 6.45) is 0. The van der Waals surface area contributed by atoms with Gasteiger partial charge in [-0.05, 0) is 33.6 Å². The van der Waals surface area contributed by atoms with Crippen molar-refractivity contribution in [2.24, 2.45) is 0 Å². The van der Waals surface area contributed by atoms with E-state index in [1.54, 1.807) is 6.07 Å². The van der Waals surface area contributed by atoms with Gasteiger partial charge >= 0.3 is 0 Å². The molecule has 0 spiro atoms. The highest BCUT2D eigenvalue weighted by atomic mass is 127. The molecule has 0 aliphatic carbocycles. The fraction of sp³-hybridized carbons (Fsp3) is 0.400. The molecule has 0 aromatic heterocycles. The van der Waals surface area contributed by atoms with Gasteiger partial charge in [-0.2, -0.15) is 0 Å². The Kier molecular flexibility index (Phi) is 3.14. The molecule has 0 amide bonds. The van der Waals surface area contributed by atoms with Crippen molar-refractivity contribution in [2.45, 2.75) is 26.2 Å². The first-order valence-corrected chi connectivity index (χ1v) is 5.35. The van der Waals surface area contributed by atoms with Crippen LogP contribution in [0.25, 0.3) is 0 Å². The van der Waals surface area contributed by atoms with Crippen molar-refractivity contribution in [3.05, 3.63) is 37.4 Å². The maximum atomic E-state index is 10.7. The van der Waals surface area contributed by atoms with Crippen LogP contribution in [-0.4, -0.2) is 4.92 Å². The molecule has 0 heterocycles. The van der Waals surface area contributed by atoms with Crippen molar-refractivity contribution in [1.29, 1.82) is 0 Å². The van der Waals surface area contributed by atoms with Gasteiger partial charge in [0, 0.05) is 6.07 Å². The fourth-order valence-corrected chi connectivity index (χ4v) is 2.61. The molecule has 0 aliphatic rings. The van der Waals surface area contributed by atoms with E-state index in [-0.39, 0.29) is 16.0 Å². The van der Waals surface area contributed by atoms with Crippen molar-refractivity contribution in [2.75, 3.05) is 0 Å². The molecule has 0 fully saturated rings. The number of hydrogen-bond donors (Lipinski definition) is 0. The zero-order valence-corrected chi connectivity index (χ0v) is 10.5. The number of hydrogen-bond acceptors (Lipinski definition) is 2. The summed E-state index contributed by atoms with van der Waals surface area (Å²) in [6.45, 7) is 6.15. The summed E-state index contributed by atoms with van der Waals surface area (Å²) in [6, 6.07) is 5.21. The second-order valence-electron chi connectivity index (χ2n) is 4.15. The van der Waals surface area contributed by atoms with Crippen LogP contribution < -0.4 is 0 Å². The lowest BCUT2D eigenvalue weighted by Crippen LogP contribution is -2.13. The topological polar surface area (TPSA) is 43.1 Å². The first-order chi connectivity index (χ1) is 6.34. The minimum atomic E-state index is -0.336. The van der Waals surface area contributed by atoms with Crippen LogP contribution >= 0.6 is 22.6 Å². The summed E-state index contributed by atoms with van der Waals surface area (Å²) in [5.74, 6) is 0. The summed E-state index contributed by atoms with van der Waals surface area (Å²) >= 11 is 2.04. The molecule has 0 saturated carbocycles. The Morgan fingerprint density at radius 1 is 1.36 bits per heavy atom. The fourth-order valence-electron chi connectivity index (χ4n) is 1.24. The lowest BCUT2D eigenvalue weighted by atomic mass is 9.87. The molecule has 0 radical (unpaired) electrons. The molecular weight excluding hydrogens is 293 g/mol. The van der Waals surface area contributed by atoms with Gasteiger partial charge in [0.05, 0.1) is 8.49 Å². The zero-order chi connectivity index (χ0) is 10.9. The Morgan fingerprint density at radius 2 is 1.93 bits per heavy atom.